The molecule has 35 heavy (non-hydrogen) atoms. The van der Waals surface area contributed by atoms with Crippen molar-refractivity contribution in [3.05, 3.63) is 120 Å². The van der Waals surface area contributed by atoms with Crippen LogP contribution in [0.3, 0.4) is 0 Å². The van der Waals surface area contributed by atoms with Gasteiger partial charge in [-0.2, -0.15) is 0 Å². The first-order valence-electron chi connectivity index (χ1n) is 12.0. The van der Waals surface area contributed by atoms with Crippen molar-refractivity contribution >= 4 is 21.9 Å². The third-order valence-corrected chi connectivity index (χ3v) is 7.36. The van der Waals surface area contributed by atoms with Gasteiger partial charge < -0.3 is 9.15 Å². The zero-order valence-corrected chi connectivity index (χ0v) is 19.7. The second-order valence-corrected chi connectivity index (χ2v) is 9.79. The van der Waals surface area contributed by atoms with E-state index in [-0.39, 0.29) is 5.41 Å². The van der Waals surface area contributed by atoms with Gasteiger partial charge in [-0.15, -0.1) is 0 Å². The Labute approximate surface area is 204 Å². The zero-order chi connectivity index (χ0) is 23.6. The lowest BCUT2D eigenvalue weighted by Crippen LogP contribution is -2.24. The van der Waals surface area contributed by atoms with Gasteiger partial charge in [0.15, 0.2) is 0 Å². The molecule has 7 rings (SSSR count). The van der Waals surface area contributed by atoms with Crippen LogP contribution in [0, 0.1) is 0 Å². The quantitative estimate of drug-likeness (QED) is 0.261. The van der Waals surface area contributed by atoms with Crippen molar-refractivity contribution in [2.45, 2.75) is 19.3 Å². The molecule has 0 saturated heterocycles. The van der Waals surface area contributed by atoms with Gasteiger partial charge in [0.25, 0.3) is 0 Å². The monoisotopic (exact) mass is 452 g/mol. The summed E-state index contributed by atoms with van der Waals surface area (Å²) in [4.78, 5) is 0. The highest BCUT2D eigenvalue weighted by atomic mass is 16.5. The van der Waals surface area contributed by atoms with Crippen molar-refractivity contribution in [3.63, 3.8) is 0 Å². The summed E-state index contributed by atoms with van der Waals surface area (Å²) in [5.74, 6) is 1.87. The number of hydrogen-bond acceptors (Lipinski definition) is 2. The number of furan rings is 1. The van der Waals surface area contributed by atoms with Gasteiger partial charge in [0, 0.05) is 27.3 Å². The number of fused-ring (bicyclic) bond motifs is 5. The average Bonchev–Trinajstić information content (AvgIpc) is 3.26. The second kappa shape index (κ2) is 7.35. The molecule has 0 radical (unpaired) electrons. The molecule has 0 unspecified atom stereocenters. The molecule has 0 N–H and O–H groups in total. The molecule has 0 spiro atoms. The van der Waals surface area contributed by atoms with Gasteiger partial charge in [0.05, 0.1) is 0 Å². The minimum absolute atomic E-state index is 0.115. The predicted octanol–water partition coefficient (Wildman–Crippen LogP) is 9.35. The maximum Gasteiger partial charge on any atom is 0.135 e. The van der Waals surface area contributed by atoms with Crippen LogP contribution in [-0.4, -0.2) is 0 Å². The average molecular weight is 453 g/mol. The first kappa shape index (κ1) is 20.1. The Morgan fingerprint density at radius 2 is 1.14 bits per heavy atom. The standard InChI is InChI=1S/C33H24O2/c1-33(2)27-12-6-8-14-31(27)35-32-20-22(15-17-28(32)33)24-10-4-3-9-23(24)21-16-18-30-26(19-21)25-11-5-7-13-29(25)34-30/h3-20H,1-2H3. The molecule has 2 heterocycles. The lowest BCUT2D eigenvalue weighted by atomic mass is 9.75. The lowest BCUT2D eigenvalue weighted by Gasteiger charge is -2.34. The van der Waals surface area contributed by atoms with Crippen LogP contribution in [0.1, 0.15) is 25.0 Å². The van der Waals surface area contributed by atoms with Crippen LogP contribution in [0.25, 0.3) is 44.2 Å². The highest BCUT2D eigenvalue weighted by molar-refractivity contribution is 6.06. The molecule has 0 amide bonds. The van der Waals surface area contributed by atoms with Crippen LogP contribution >= 0.6 is 0 Å². The van der Waals surface area contributed by atoms with Gasteiger partial charge in [0.1, 0.15) is 22.7 Å². The molecule has 6 aromatic rings. The van der Waals surface area contributed by atoms with E-state index in [1.165, 1.54) is 27.8 Å². The fourth-order valence-electron chi connectivity index (χ4n) is 5.51. The van der Waals surface area contributed by atoms with Crippen LogP contribution in [-0.2, 0) is 5.41 Å². The van der Waals surface area contributed by atoms with Gasteiger partial charge in [-0.1, -0.05) is 92.7 Å². The Kier molecular flexibility index (Phi) is 4.22. The van der Waals surface area contributed by atoms with Crippen LogP contribution in [0.15, 0.2) is 114 Å². The summed E-state index contributed by atoms with van der Waals surface area (Å²) in [7, 11) is 0. The van der Waals surface area contributed by atoms with Gasteiger partial charge in [-0.05, 0) is 52.6 Å². The van der Waals surface area contributed by atoms with E-state index >= 15 is 0 Å². The Balaban J connectivity index is 1.37. The maximum absolute atomic E-state index is 6.40. The van der Waals surface area contributed by atoms with E-state index in [1.807, 2.05) is 18.2 Å². The summed E-state index contributed by atoms with van der Waals surface area (Å²) in [6, 6.07) is 38.3. The highest BCUT2D eigenvalue weighted by Crippen LogP contribution is 2.49. The SMILES string of the molecule is CC1(C)c2ccccc2Oc2cc(-c3ccccc3-c3ccc4oc5ccccc5c4c3)ccc21. The van der Waals surface area contributed by atoms with Crippen molar-refractivity contribution in [2.75, 3.05) is 0 Å². The highest BCUT2D eigenvalue weighted by Gasteiger charge is 2.34. The van der Waals surface area contributed by atoms with Gasteiger partial charge in [-0.25, -0.2) is 0 Å². The molecule has 1 aliphatic rings. The summed E-state index contributed by atoms with van der Waals surface area (Å²) in [6.07, 6.45) is 0. The fraction of sp³-hybridized carbons (Fsp3) is 0.0909. The van der Waals surface area contributed by atoms with Crippen molar-refractivity contribution < 1.29 is 9.15 Å². The van der Waals surface area contributed by atoms with E-state index < -0.39 is 0 Å². The first-order chi connectivity index (χ1) is 17.1. The molecule has 0 atom stereocenters. The van der Waals surface area contributed by atoms with E-state index in [1.54, 1.807) is 0 Å². The Hall–Kier alpha value is -4.30. The molecular weight excluding hydrogens is 428 g/mol. The Morgan fingerprint density at radius 3 is 2.00 bits per heavy atom. The number of rotatable bonds is 2. The molecule has 0 aliphatic carbocycles. The summed E-state index contributed by atoms with van der Waals surface area (Å²) >= 11 is 0. The zero-order valence-electron chi connectivity index (χ0n) is 19.7. The van der Waals surface area contributed by atoms with Gasteiger partial charge in [0.2, 0.25) is 0 Å². The van der Waals surface area contributed by atoms with E-state index in [2.05, 4.69) is 105 Å². The molecule has 0 fully saturated rings. The fourth-order valence-corrected chi connectivity index (χ4v) is 5.51. The third kappa shape index (κ3) is 3.03. The van der Waals surface area contributed by atoms with Crippen LogP contribution in [0.5, 0.6) is 11.5 Å². The van der Waals surface area contributed by atoms with Crippen molar-refractivity contribution in [2.24, 2.45) is 0 Å². The minimum Gasteiger partial charge on any atom is -0.457 e. The van der Waals surface area contributed by atoms with E-state index in [0.29, 0.717) is 0 Å². The molecule has 1 aromatic heterocycles. The van der Waals surface area contributed by atoms with Gasteiger partial charge >= 0.3 is 0 Å². The molecule has 0 bridgehead atoms. The minimum atomic E-state index is -0.115. The number of ether oxygens (including phenoxy) is 1. The van der Waals surface area contributed by atoms with Crippen molar-refractivity contribution in [1.82, 2.24) is 0 Å². The molecule has 0 saturated carbocycles. The molecule has 5 aromatic carbocycles. The van der Waals surface area contributed by atoms with Crippen LogP contribution < -0.4 is 4.74 Å². The van der Waals surface area contributed by atoms with E-state index in [9.17, 15) is 0 Å². The number of benzene rings is 5. The smallest absolute Gasteiger partial charge is 0.135 e. The first-order valence-corrected chi connectivity index (χ1v) is 12.0. The number of para-hydroxylation sites is 2. The summed E-state index contributed by atoms with van der Waals surface area (Å²) in [5.41, 5.74) is 8.84. The molecule has 2 nitrogen and oxygen atoms in total. The topological polar surface area (TPSA) is 22.4 Å². The van der Waals surface area contributed by atoms with E-state index in [0.717, 1.165) is 39.0 Å². The predicted molar refractivity (Wildman–Crippen MR) is 143 cm³/mol. The maximum atomic E-state index is 6.40. The summed E-state index contributed by atoms with van der Waals surface area (Å²) in [6.45, 7) is 4.54. The number of hydrogen-bond donors (Lipinski definition) is 0. The summed E-state index contributed by atoms with van der Waals surface area (Å²) in [5, 5.41) is 2.28. The van der Waals surface area contributed by atoms with Crippen molar-refractivity contribution in [1.29, 1.82) is 0 Å². The second-order valence-electron chi connectivity index (χ2n) is 9.79. The normalized spacial score (nSPS) is 13.9. The van der Waals surface area contributed by atoms with Crippen LogP contribution in [0.2, 0.25) is 0 Å². The molecule has 1 aliphatic heterocycles. The third-order valence-electron chi connectivity index (χ3n) is 7.36. The van der Waals surface area contributed by atoms with Gasteiger partial charge in [-0.3, -0.25) is 0 Å². The largest absolute Gasteiger partial charge is 0.457 e. The summed E-state index contributed by atoms with van der Waals surface area (Å²) < 4.78 is 12.5. The molecule has 2 heteroatoms. The van der Waals surface area contributed by atoms with Crippen LogP contribution in [0.4, 0.5) is 0 Å². The Morgan fingerprint density at radius 1 is 0.514 bits per heavy atom. The lowest BCUT2D eigenvalue weighted by molar-refractivity contribution is 0.418. The van der Waals surface area contributed by atoms with E-state index in [4.69, 9.17) is 9.15 Å². The van der Waals surface area contributed by atoms with Crippen molar-refractivity contribution in [3.8, 4) is 33.8 Å². The molecular formula is C33H24O2. The Bertz CT molecular complexity index is 1750. The molecule has 168 valence electrons.